The van der Waals surface area contributed by atoms with Crippen LogP contribution >= 0.6 is 45.8 Å². The van der Waals surface area contributed by atoms with Gasteiger partial charge in [-0.15, -0.1) is 0 Å². The summed E-state index contributed by atoms with van der Waals surface area (Å²) in [6.45, 7) is 0. The highest BCUT2D eigenvalue weighted by Gasteiger charge is 2.25. The van der Waals surface area contributed by atoms with E-state index >= 15 is 0 Å². The lowest BCUT2D eigenvalue weighted by Gasteiger charge is -2.06. The molecule has 3 aromatic carbocycles. The van der Waals surface area contributed by atoms with E-state index in [0.29, 0.717) is 25.7 Å². The number of methoxy groups -OCH3 is 1. The number of fused-ring (bicyclic) bond motifs is 2. The molecule has 4 heterocycles. The molecule has 0 saturated heterocycles. The van der Waals surface area contributed by atoms with Gasteiger partial charge in [-0.2, -0.15) is 0 Å². The van der Waals surface area contributed by atoms with Crippen molar-refractivity contribution in [2.45, 2.75) is 9.79 Å². The number of hydrogen-bond acceptors (Lipinski definition) is 9. The van der Waals surface area contributed by atoms with Crippen molar-refractivity contribution < 1.29 is 21.6 Å². The average Bonchev–Trinajstić information content (AvgIpc) is 3.67. The third kappa shape index (κ3) is 6.18. The summed E-state index contributed by atoms with van der Waals surface area (Å²) in [6, 6.07) is 23.6. The van der Waals surface area contributed by atoms with Crippen molar-refractivity contribution in [1.82, 2.24) is 27.9 Å². The molecule has 0 amide bonds. The predicted molar refractivity (Wildman–Crippen MR) is 188 cm³/mol. The van der Waals surface area contributed by atoms with E-state index in [1.165, 1.54) is 49.3 Å². The van der Waals surface area contributed by atoms with Crippen LogP contribution in [-0.2, 0) is 20.0 Å². The van der Waals surface area contributed by atoms with Crippen LogP contribution in [0, 0.1) is 3.57 Å². The smallest absolute Gasteiger partial charge is 0.269 e. The molecule has 0 aliphatic heterocycles. The summed E-state index contributed by atoms with van der Waals surface area (Å²) in [6.07, 6.45) is 5.51. The molecule has 0 atom stereocenters. The highest BCUT2D eigenvalue weighted by Crippen LogP contribution is 2.36. The van der Waals surface area contributed by atoms with Crippen molar-refractivity contribution in [1.29, 1.82) is 0 Å². The van der Waals surface area contributed by atoms with E-state index in [1.807, 2.05) is 34.7 Å². The topological polar surface area (TPSA) is 139 Å². The van der Waals surface area contributed by atoms with Crippen LogP contribution in [0.3, 0.4) is 0 Å². The molecule has 7 rings (SSSR count). The number of nitrogens with zero attached hydrogens (tertiary/aromatic N) is 6. The van der Waals surface area contributed by atoms with Gasteiger partial charge in [0.2, 0.25) is 0 Å². The van der Waals surface area contributed by atoms with Gasteiger partial charge in [-0.3, -0.25) is 0 Å². The van der Waals surface area contributed by atoms with E-state index in [2.05, 4.69) is 19.9 Å². The molecule has 47 heavy (non-hydrogen) atoms. The molecular formula is C31H21Cl2IN6O5S2. The van der Waals surface area contributed by atoms with Crippen molar-refractivity contribution >= 4 is 87.9 Å². The number of aromatic nitrogens is 6. The maximum absolute atomic E-state index is 13.1. The lowest BCUT2D eigenvalue weighted by molar-refractivity contribution is 0.415. The van der Waals surface area contributed by atoms with Crippen LogP contribution in [0.1, 0.15) is 0 Å². The monoisotopic (exact) mass is 818 g/mol. The van der Waals surface area contributed by atoms with Crippen LogP contribution in [0.25, 0.3) is 33.2 Å². The number of benzene rings is 3. The lowest BCUT2D eigenvalue weighted by Crippen LogP contribution is -2.12. The zero-order chi connectivity index (χ0) is 33.3. The van der Waals surface area contributed by atoms with E-state index in [1.54, 1.807) is 55.6 Å². The Morgan fingerprint density at radius 1 is 0.638 bits per heavy atom. The van der Waals surface area contributed by atoms with Crippen molar-refractivity contribution in [3.8, 4) is 16.9 Å². The summed E-state index contributed by atoms with van der Waals surface area (Å²) in [4.78, 5) is 16.5. The fourth-order valence-corrected chi connectivity index (χ4v) is 8.98. The van der Waals surface area contributed by atoms with E-state index in [-0.39, 0.29) is 31.4 Å². The van der Waals surface area contributed by atoms with Gasteiger partial charge in [-0.05, 0) is 64.6 Å². The van der Waals surface area contributed by atoms with Gasteiger partial charge in [0.15, 0.2) is 11.3 Å². The molecule has 0 aliphatic rings. The first-order valence-electron chi connectivity index (χ1n) is 13.5. The van der Waals surface area contributed by atoms with Crippen LogP contribution in [-0.4, -0.2) is 51.8 Å². The Balaban J connectivity index is 0.000000172. The van der Waals surface area contributed by atoms with Crippen molar-refractivity contribution in [2.24, 2.45) is 0 Å². The molecule has 0 spiro atoms. The largest absolute Gasteiger partial charge is 0.497 e. The predicted octanol–water partition coefficient (Wildman–Crippen LogP) is 6.92. The molecule has 238 valence electrons. The molecule has 0 fully saturated rings. The second kappa shape index (κ2) is 13.2. The Labute approximate surface area is 293 Å². The fourth-order valence-electron chi connectivity index (χ4n) is 4.72. The van der Waals surface area contributed by atoms with E-state index < -0.39 is 20.0 Å². The third-order valence-electron chi connectivity index (χ3n) is 6.97. The number of rotatable bonds is 6. The Kier molecular flexibility index (Phi) is 9.22. The summed E-state index contributed by atoms with van der Waals surface area (Å²) in [7, 11) is -5.96. The highest BCUT2D eigenvalue weighted by atomic mass is 127. The fraction of sp³-hybridized carbons (Fsp3) is 0.0323. The lowest BCUT2D eigenvalue weighted by atomic mass is 10.1. The van der Waals surface area contributed by atoms with E-state index in [0.717, 1.165) is 13.5 Å². The molecule has 0 aliphatic carbocycles. The molecule has 0 unspecified atom stereocenters. The zero-order valence-corrected chi connectivity index (χ0v) is 29.4. The molecule has 0 radical (unpaired) electrons. The van der Waals surface area contributed by atoms with Crippen LogP contribution < -0.4 is 4.74 Å². The molecular weight excluding hydrogens is 798 g/mol. The normalized spacial score (nSPS) is 11.7. The maximum atomic E-state index is 13.1. The number of hydrogen-bond donors (Lipinski definition) is 0. The second-order valence-electron chi connectivity index (χ2n) is 9.70. The molecule has 0 bridgehead atoms. The Hall–Kier alpha value is -4.09. The van der Waals surface area contributed by atoms with Gasteiger partial charge in [0.1, 0.15) is 28.7 Å². The van der Waals surface area contributed by atoms with Crippen molar-refractivity contribution in [3.63, 3.8) is 0 Å². The van der Waals surface area contributed by atoms with Crippen LogP contribution in [0.2, 0.25) is 10.3 Å². The molecule has 16 heteroatoms. The van der Waals surface area contributed by atoms with Gasteiger partial charge in [-0.25, -0.2) is 44.7 Å². The van der Waals surface area contributed by atoms with Gasteiger partial charge in [0.05, 0.1) is 27.7 Å². The summed E-state index contributed by atoms with van der Waals surface area (Å²) >= 11 is 14.3. The maximum Gasteiger partial charge on any atom is 0.269 e. The van der Waals surface area contributed by atoms with E-state index in [9.17, 15) is 16.8 Å². The zero-order valence-electron chi connectivity index (χ0n) is 24.1. The molecule has 0 N–H and O–H groups in total. The SMILES string of the molecule is COc1ccc(-c2cn(S(=O)(=O)c3ccccc3)c3ncnc(Cl)c23)cc1.O=S(=O)(c1ccccc1)n1cc(I)c2c(Cl)ncnc21. The summed E-state index contributed by atoms with van der Waals surface area (Å²) in [5, 5.41) is 1.44. The first-order valence-corrected chi connectivity index (χ1v) is 18.2. The number of halogens is 3. The van der Waals surface area contributed by atoms with Crippen LogP contribution in [0.5, 0.6) is 5.75 Å². The summed E-state index contributed by atoms with van der Waals surface area (Å²) in [5.41, 5.74) is 1.90. The summed E-state index contributed by atoms with van der Waals surface area (Å²) < 4.78 is 59.7. The minimum absolute atomic E-state index is 0.165. The molecule has 11 nitrogen and oxygen atoms in total. The molecule has 7 aromatic rings. The van der Waals surface area contributed by atoms with Gasteiger partial charge in [0.25, 0.3) is 20.0 Å². The van der Waals surface area contributed by atoms with E-state index in [4.69, 9.17) is 27.9 Å². The molecule has 0 saturated carbocycles. The van der Waals surface area contributed by atoms with Gasteiger partial charge >= 0.3 is 0 Å². The average molecular weight is 819 g/mol. The molecule has 4 aromatic heterocycles. The minimum atomic E-state index is -3.84. The standard InChI is InChI=1S/C19H14ClN3O3S.C12H7ClIN3O2S/c1-26-14-9-7-13(8-10-14)16-11-23(19-17(16)18(20)21-12-22-19)27(24,25)15-5-3-2-4-6-15;13-11-10-9(14)6-17(12(10)16-7-15-11)20(18,19)8-4-2-1-3-5-8/h2-12H,1H3;1-7H. The first-order chi connectivity index (χ1) is 22.5. The number of ether oxygens (including phenoxy) is 1. The Morgan fingerprint density at radius 2 is 1.11 bits per heavy atom. The van der Waals surface area contributed by atoms with Crippen molar-refractivity contribution in [3.05, 3.63) is 124 Å². The van der Waals surface area contributed by atoms with Crippen LogP contribution in [0.4, 0.5) is 0 Å². The van der Waals surface area contributed by atoms with Gasteiger partial charge in [-0.1, -0.05) is 71.7 Å². The Bertz CT molecular complexity index is 2460. The Morgan fingerprint density at radius 3 is 1.62 bits per heavy atom. The van der Waals surface area contributed by atoms with Gasteiger partial charge in [0, 0.05) is 21.5 Å². The minimum Gasteiger partial charge on any atom is -0.497 e. The van der Waals surface area contributed by atoms with Crippen LogP contribution in [0.15, 0.2) is 120 Å². The third-order valence-corrected chi connectivity index (χ3v) is 11.7. The first kappa shape index (κ1) is 32.8. The highest BCUT2D eigenvalue weighted by molar-refractivity contribution is 14.1. The second-order valence-corrected chi connectivity index (χ2v) is 15.2. The quantitative estimate of drug-likeness (QED) is 0.129. The summed E-state index contributed by atoms with van der Waals surface area (Å²) in [5.74, 6) is 0.696. The van der Waals surface area contributed by atoms with Gasteiger partial charge < -0.3 is 4.74 Å². The van der Waals surface area contributed by atoms with Crippen molar-refractivity contribution in [2.75, 3.05) is 7.11 Å².